The van der Waals surface area contributed by atoms with E-state index in [1.807, 2.05) is 26.8 Å². The number of carbonyl (C=O) groups is 2. The molecule has 1 unspecified atom stereocenters. The summed E-state index contributed by atoms with van der Waals surface area (Å²) in [4.78, 5) is 22.6. The standard InChI is InChI=1S/C15H22O4/c1-9(6-12(17)18)5-11-14(4)8-10(16)7-13(2,3)15(11,14)19/h5,11,19H,6-8H2,1-4H3,(H,17,18)/b9-5+/t11?,14-,15+/m1/s1. The molecule has 0 amide bonds. The zero-order valence-electron chi connectivity index (χ0n) is 12.0. The van der Waals surface area contributed by atoms with E-state index in [1.165, 1.54) is 0 Å². The average Bonchev–Trinajstić information content (AvgIpc) is 2.64. The quantitative estimate of drug-likeness (QED) is 0.768. The number of carbonyl (C=O) groups excluding carboxylic acids is 1. The summed E-state index contributed by atoms with van der Waals surface area (Å²) in [6.45, 7) is 7.53. The van der Waals surface area contributed by atoms with Crippen LogP contribution in [0, 0.1) is 16.7 Å². The van der Waals surface area contributed by atoms with Crippen molar-refractivity contribution in [3.8, 4) is 0 Å². The predicted octanol–water partition coefficient (Wildman–Crippen LogP) is 2.16. The topological polar surface area (TPSA) is 74.6 Å². The maximum atomic E-state index is 11.8. The predicted molar refractivity (Wildman–Crippen MR) is 70.6 cm³/mol. The van der Waals surface area contributed by atoms with Gasteiger partial charge in [-0.15, -0.1) is 0 Å². The van der Waals surface area contributed by atoms with E-state index in [0.717, 1.165) is 5.57 Å². The molecule has 106 valence electrons. The van der Waals surface area contributed by atoms with Gasteiger partial charge in [0.15, 0.2) is 0 Å². The Bertz CT molecular complexity index is 477. The van der Waals surface area contributed by atoms with Gasteiger partial charge in [-0.3, -0.25) is 9.59 Å². The molecule has 19 heavy (non-hydrogen) atoms. The highest BCUT2D eigenvalue weighted by Crippen LogP contribution is 2.74. The largest absolute Gasteiger partial charge is 0.481 e. The number of ketones is 1. The summed E-state index contributed by atoms with van der Waals surface area (Å²) in [6.07, 6.45) is 2.61. The lowest BCUT2D eigenvalue weighted by Crippen LogP contribution is -2.43. The molecular formula is C15H22O4. The molecule has 0 heterocycles. The smallest absolute Gasteiger partial charge is 0.307 e. The first-order valence-corrected chi connectivity index (χ1v) is 6.68. The van der Waals surface area contributed by atoms with Gasteiger partial charge in [-0.1, -0.05) is 32.4 Å². The molecule has 3 atom stereocenters. The number of aliphatic hydroxyl groups is 1. The van der Waals surface area contributed by atoms with Gasteiger partial charge in [0.25, 0.3) is 0 Å². The number of Topliss-reactive ketones (excluding diaryl/α,β-unsaturated/α-hetero) is 1. The van der Waals surface area contributed by atoms with Gasteiger partial charge in [-0.05, 0) is 6.92 Å². The lowest BCUT2D eigenvalue weighted by Gasteiger charge is -2.38. The van der Waals surface area contributed by atoms with Crippen LogP contribution in [0.2, 0.25) is 0 Å². The van der Waals surface area contributed by atoms with Crippen LogP contribution in [0.25, 0.3) is 0 Å². The van der Waals surface area contributed by atoms with E-state index in [9.17, 15) is 14.7 Å². The Hall–Kier alpha value is -1.16. The number of rotatable bonds is 3. The van der Waals surface area contributed by atoms with E-state index in [2.05, 4.69) is 0 Å². The minimum absolute atomic E-state index is 0.0168. The van der Waals surface area contributed by atoms with Crippen molar-refractivity contribution in [3.63, 3.8) is 0 Å². The first-order chi connectivity index (χ1) is 8.54. The summed E-state index contributed by atoms with van der Waals surface area (Å²) in [7, 11) is 0. The Balaban J connectivity index is 2.30. The Kier molecular flexibility index (Phi) is 2.94. The lowest BCUT2D eigenvalue weighted by molar-refractivity contribution is -0.136. The third kappa shape index (κ3) is 1.84. The summed E-state index contributed by atoms with van der Waals surface area (Å²) in [5, 5.41) is 19.7. The van der Waals surface area contributed by atoms with Gasteiger partial charge >= 0.3 is 5.97 Å². The lowest BCUT2D eigenvalue weighted by atomic mass is 9.69. The molecule has 0 aromatic rings. The number of hydrogen-bond donors (Lipinski definition) is 2. The van der Waals surface area contributed by atoms with Gasteiger partial charge in [-0.2, -0.15) is 0 Å². The molecule has 2 aliphatic carbocycles. The van der Waals surface area contributed by atoms with Crippen molar-refractivity contribution in [2.24, 2.45) is 16.7 Å². The second kappa shape index (κ2) is 3.92. The molecule has 2 aliphatic rings. The fraction of sp³-hybridized carbons (Fsp3) is 0.733. The molecule has 0 bridgehead atoms. The highest BCUT2D eigenvalue weighted by atomic mass is 16.4. The Labute approximate surface area is 113 Å². The van der Waals surface area contributed by atoms with Crippen LogP contribution >= 0.6 is 0 Å². The number of aliphatic carboxylic acids is 1. The third-order valence-corrected chi connectivity index (χ3v) is 5.04. The zero-order chi connectivity index (χ0) is 14.6. The fourth-order valence-corrected chi connectivity index (χ4v) is 4.12. The van der Waals surface area contributed by atoms with E-state index < -0.39 is 22.4 Å². The first-order valence-electron chi connectivity index (χ1n) is 6.68. The molecule has 0 aliphatic heterocycles. The molecule has 0 radical (unpaired) electrons. The maximum Gasteiger partial charge on any atom is 0.307 e. The summed E-state index contributed by atoms with van der Waals surface area (Å²) in [5.74, 6) is -0.811. The zero-order valence-corrected chi connectivity index (χ0v) is 12.0. The molecule has 0 aromatic carbocycles. The normalized spacial score (nSPS) is 40.8. The van der Waals surface area contributed by atoms with Gasteiger partial charge in [-0.25, -0.2) is 0 Å². The SMILES string of the molecule is C/C(=C\C1[C@@]2(C)CC(=O)CC(C)(C)[C@@]12O)CC(=O)O. The van der Waals surface area contributed by atoms with Crippen molar-refractivity contribution in [3.05, 3.63) is 11.6 Å². The van der Waals surface area contributed by atoms with Crippen LogP contribution in [-0.2, 0) is 9.59 Å². The molecule has 2 saturated carbocycles. The van der Waals surface area contributed by atoms with Crippen molar-refractivity contribution in [2.75, 3.05) is 0 Å². The minimum Gasteiger partial charge on any atom is -0.481 e. The first kappa shape index (κ1) is 14.3. The molecular weight excluding hydrogens is 244 g/mol. The van der Waals surface area contributed by atoms with Crippen LogP contribution in [0.15, 0.2) is 11.6 Å². The number of fused-ring (bicyclic) bond motifs is 1. The van der Waals surface area contributed by atoms with E-state index in [4.69, 9.17) is 5.11 Å². The van der Waals surface area contributed by atoms with Crippen molar-refractivity contribution in [1.29, 1.82) is 0 Å². The van der Waals surface area contributed by atoms with Crippen molar-refractivity contribution < 1.29 is 19.8 Å². The van der Waals surface area contributed by atoms with Crippen molar-refractivity contribution >= 4 is 11.8 Å². The number of carboxylic acids is 1. The third-order valence-electron chi connectivity index (χ3n) is 5.04. The molecule has 2 fully saturated rings. The Morgan fingerprint density at radius 3 is 2.47 bits per heavy atom. The summed E-state index contributed by atoms with van der Waals surface area (Å²) >= 11 is 0. The van der Waals surface area contributed by atoms with E-state index in [0.29, 0.717) is 12.8 Å². The summed E-state index contributed by atoms with van der Waals surface area (Å²) in [5.41, 5.74) is -1.05. The molecule has 2 N–H and O–H groups in total. The monoisotopic (exact) mass is 266 g/mol. The average molecular weight is 266 g/mol. The summed E-state index contributed by atoms with van der Waals surface area (Å²) < 4.78 is 0. The van der Waals surface area contributed by atoms with E-state index in [1.54, 1.807) is 6.92 Å². The second-order valence-electron chi connectivity index (χ2n) is 7.02. The highest BCUT2D eigenvalue weighted by molar-refractivity contribution is 5.83. The van der Waals surface area contributed by atoms with Gasteiger partial charge in [0, 0.05) is 29.6 Å². The van der Waals surface area contributed by atoms with Gasteiger partial charge in [0.1, 0.15) is 5.78 Å². The maximum absolute atomic E-state index is 11.8. The van der Waals surface area contributed by atoms with Gasteiger partial charge < -0.3 is 10.2 Å². The molecule has 0 aromatic heterocycles. The molecule has 2 rings (SSSR count). The molecule has 4 heteroatoms. The molecule has 4 nitrogen and oxygen atoms in total. The highest BCUT2D eigenvalue weighted by Gasteiger charge is 2.79. The van der Waals surface area contributed by atoms with Gasteiger partial charge in [0.05, 0.1) is 12.0 Å². The van der Waals surface area contributed by atoms with Crippen molar-refractivity contribution in [1.82, 2.24) is 0 Å². The van der Waals surface area contributed by atoms with Crippen LogP contribution in [-0.4, -0.2) is 27.6 Å². The van der Waals surface area contributed by atoms with Crippen LogP contribution in [0.4, 0.5) is 0 Å². The Morgan fingerprint density at radius 1 is 1.37 bits per heavy atom. The Morgan fingerprint density at radius 2 is 1.95 bits per heavy atom. The molecule has 0 saturated heterocycles. The minimum atomic E-state index is -0.895. The summed E-state index contributed by atoms with van der Waals surface area (Å²) in [6, 6.07) is 0. The van der Waals surface area contributed by atoms with Crippen LogP contribution in [0.5, 0.6) is 0 Å². The van der Waals surface area contributed by atoms with Crippen molar-refractivity contribution in [2.45, 2.75) is 52.6 Å². The second-order valence-corrected chi connectivity index (χ2v) is 7.02. The molecule has 0 spiro atoms. The van der Waals surface area contributed by atoms with Gasteiger partial charge in [0.2, 0.25) is 0 Å². The fourth-order valence-electron chi connectivity index (χ4n) is 4.12. The van der Waals surface area contributed by atoms with E-state index >= 15 is 0 Å². The van der Waals surface area contributed by atoms with Crippen LogP contribution in [0.1, 0.15) is 47.0 Å². The van der Waals surface area contributed by atoms with Crippen LogP contribution in [0.3, 0.4) is 0 Å². The number of carboxylic acid groups (broad SMARTS) is 1. The van der Waals surface area contributed by atoms with Crippen LogP contribution < -0.4 is 0 Å². The number of hydrogen-bond acceptors (Lipinski definition) is 3. The van der Waals surface area contributed by atoms with E-state index in [-0.39, 0.29) is 18.1 Å².